The molecule has 1 N–H and O–H groups in total. The first-order valence-electron chi connectivity index (χ1n) is 6.39. The molecule has 0 bridgehead atoms. The number of nitrogens with one attached hydrogen (secondary N) is 1. The molecule has 2 nitrogen and oxygen atoms in total. The highest BCUT2D eigenvalue weighted by molar-refractivity contribution is 5.43. The van der Waals surface area contributed by atoms with Gasteiger partial charge in [-0.25, -0.2) is 4.98 Å². The molecule has 2 rings (SSSR count). The lowest BCUT2D eigenvalue weighted by molar-refractivity contribution is 0.988. The third-order valence-corrected chi connectivity index (χ3v) is 3.10. The van der Waals surface area contributed by atoms with Crippen LogP contribution in [0.2, 0.25) is 0 Å². The number of imidazole rings is 1. The molecule has 18 heavy (non-hydrogen) atoms. The third kappa shape index (κ3) is 3.33. The number of nitrogens with zero attached hydrogens (tertiary/aromatic N) is 1. The molecule has 0 aliphatic carbocycles. The molecule has 1 heterocycles. The van der Waals surface area contributed by atoms with Gasteiger partial charge in [0.1, 0.15) is 5.82 Å². The zero-order valence-electron chi connectivity index (χ0n) is 11.3. The van der Waals surface area contributed by atoms with Gasteiger partial charge < -0.3 is 4.98 Å². The molecular weight excluding hydrogens is 220 g/mol. The van der Waals surface area contributed by atoms with Crippen molar-refractivity contribution < 1.29 is 0 Å². The van der Waals surface area contributed by atoms with Gasteiger partial charge in [0.25, 0.3) is 0 Å². The van der Waals surface area contributed by atoms with Gasteiger partial charge in [-0.05, 0) is 50.8 Å². The van der Waals surface area contributed by atoms with Gasteiger partial charge in [0.2, 0.25) is 0 Å². The van der Waals surface area contributed by atoms with E-state index in [2.05, 4.69) is 54.2 Å². The lowest BCUT2D eigenvalue weighted by Crippen LogP contribution is -1.89. The van der Waals surface area contributed by atoms with Crippen molar-refractivity contribution in [2.75, 3.05) is 0 Å². The Balaban J connectivity index is 1.90. The maximum Gasteiger partial charge on any atom is 0.103 e. The summed E-state index contributed by atoms with van der Waals surface area (Å²) in [6.45, 7) is 6.29. The van der Waals surface area contributed by atoms with Gasteiger partial charge in [-0.2, -0.15) is 0 Å². The smallest absolute Gasteiger partial charge is 0.103 e. The van der Waals surface area contributed by atoms with E-state index < -0.39 is 0 Å². The lowest BCUT2D eigenvalue weighted by Gasteiger charge is -2.04. The zero-order chi connectivity index (χ0) is 13.0. The van der Waals surface area contributed by atoms with E-state index in [1.807, 2.05) is 13.1 Å². The van der Waals surface area contributed by atoms with E-state index in [4.69, 9.17) is 0 Å². The minimum Gasteiger partial charge on any atom is -0.343 e. The Morgan fingerprint density at radius 3 is 2.72 bits per heavy atom. The number of hydrogen-bond donors (Lipinski definition) is 1. The van der Waals surface area contributed by atoms with Gasteiger partial charge in [-0.3, -0.25) is 0 Å². The maximum atomic E-state index is 4.17. The standard InChI is InChI=1S/C16H20N2/c1-12-8-9-15(13(2)10-12)6-4-5-7-16-11-17-14(3)18-16/h5,7-11H,4,6H2,1-3H3,(H,17,18)/b7-5+. The van der Waals surface area contributed by atoms with Crippen molar-refractivity contribution in [1.82, 2.24) is 9.97 Å². The molecule has 1 aromatic heterocycles. The van der Waals surface area contributed by atoms with E-state index in [1.54, 1.807) is 0 Å². The summed E-state index contributed by atoms with van der Waals surface area (Å²) in [5.41, 5.74) is 5.24. The molecule has 0 saturated carbocycles. The molecule has 0 unspecified atom stereocenters. The fraction of sp³-hybridized carbons (Fsp3) is 0.312. The van der Waals surface area contributed by atoms with Crippen molar-refractivity contribution >= 4 is 6.08 Å². The number of aryl methyl sites for hydroxylation is 4. The van der Waals surface area contributed by atoms with E-state index in [0.717, 1.165) is 24.4 Å². The monoisotopic (exact) mass is 240 g/mol. The van der Waals surface area contributed by atoms with E-state index in [1.165, 1.54) is 16.7 Å². The maximum absolute atomic E-state index is 4.17. The predicted octanol–water partition coefficient (Wildman–Crippen LogP) is 3.98. The van der Waals surface area contributed by atoms with Crippen LogP contribution in [0.5, 0.6) is 0 Å². The topological polar surface area (TPSA) is 28.7 Å². The van der Waals surface area contributed by atoms with Gasteiger partial charge >= 0.3 is 0 Å². The van der Waals surface area contributed by atoms with Crippen LogP contribution in [-0.2, 0) is 6.42 Å². The Bertz CT molecular complexity index is 550. The molecule has 2 aromatic rings. The Hall–Kier alpha value is -1.83. The Morgan fingerprint density at radius 2 is 2.06 bits per heavy atom. The molecule has 2 heteroatoms. The second kappa shape index (κ2) is 5.67. The minimum atomic E-state index is 0.962. The van der Waals surface area contributed by atoms with E-state index in [0.29, 0.717) is 0 Å². The highest BCUT2D eigenvalue weighted by Crippen LogP contribution is 2.13. The van der Waals surface area contributed by atoms with Gasteiger partial charge in [-0.15, -0.1) is 0 Å². The van der Waals surface area contributed by atoms with Crippen molar-refractivity contribution in [1.29, 1.82) is 0 Å². The van der Waals surface area contributed by atoms with Crippen LogP contribution in [0.25, 0.3) is 6.08 Å². The second-order valence-electron chi connectivity index (χ2n) is 4.79. The van der Waals surface area contributed by atoms with Crippen LogP contribution in [0.4, 0.5) is 0 Å². The SMILES string of the molecule is Cc1ccc(CC/C=C/c2cnc(C)[nH]2)c(C)c1. The highest BCUT2D eigenvalue weighted by atomic mass is 14.9. The molecule has 0 radical (unpaired) electrons. The van der Waals surface area contributed by atoms with Crippen LogP contribution in [0.3, 0.4) is 0 Å². The number of aromatic amines is 1. The number of H-pyrrole nitrogens is 1. The second-order valence-corrected chi connectivity index (χ2v) is 4.79. The largest absolute Gasteiger partial charge is 0.343 e. The Morgan fingerprint density at radius 1 is 1.22 bits per heavy atom. The van der Waals surface area contributed by atoms with Gasteiger partial charge in [0.15, 0.2) is 0 Å². The molecule has 0 atom stereocenters. The molecule has 0 aliphatic rings. The average molecular weight is 240 g/mol. The van der Waals surface area contributed by atoms with Crippen LogP contribution < -0.4 is 0 Å². The normalized spacial score (nSPS) is 11.3. The molecule has 0 aliphatic heterocycles. The first-order chi connectivity index (χ1) is 8.65. The van der Waals surface area contributed by atoms with Crippen LogP contribution in [0.15, 0.2) is 30.5 Å². The number of allylic oxidation sites excluding steroid dienone is 1. The van der Waals surface area contributed by atoms with E-state index >= 15 is 0 Å². The summed E-state index contributed by atoms with van der Waals surface area (Å²) in [6.07, 6.45) is 8.32. The molecular formula is C16H20N2. The summed E-state index contributed by atoms with van der Waals surface area (Å²) in [7, 11) is 0. The number of hydrogen-bond acceptors (Lipinski definition) is 1. The lowest BCUT2D eigenvalue weighted by atomic mass is 10.0. The highest BCUT2D eigenvalue weighted by Gasteiger charge is 1.97. The molecule has 0 spiro atoms. The molecule has 1 aromatic carbocycles. The zero-order valence-corrected chi connectivity index (χ0v) is 11.3. The van der Waals surface area contributed by atoms with Crippen molar-refractivity contribution in [3.63, 3.8) is 0 Å². The van der Waals surface area contributed by atoms with Gasteiger partial charge in [-0.1, -0.05) is 29.8 Å². The third-order valence-electron chi connectivity index (χ3n) is 3.10. The van der Waals surface area contributed by atoms with Crippen molar-refractivity contribution in [2.24, 2.45) is 0 Å². The van der Waals surface area contributed by atoms with E-state index in [-0.39, 0.29) is 0 Å². The quantitative estimate of drug-likeness (QED) is 0.860. The summed E-state index contributed by atoms with van der Waals surface area (Å²) >= 11 is 0. The van der Waals surface area contributed by atoms with Crippen molar-refractivity contribution in [3.8, 4) is 0 Å². The molecule has 0 fully saturated rings. The fourth-order valence-electron chi connectivity index (χ4n) is 2.10. The molecule has 0 amide bonds. The summed E-state index contributed by atoms with van der Waals surface area (Å²) in [6, 6.07) is 6.67. The molecule has 0 saturated heterocycles. The number of benzene rings is 1. The summed E-state index contributed by atoms with van der Waals surface area (Å²) in [5, 5.41) is 0. The van der Waals surface area contributed by atoms with Crippen LogP contribution in [-0.4, -0.2) is 9.97 Å². The fourth-order valence-corrected chi connectivity index (χ4v) is 2.10. The van der Waals surface area contributed by atoms with Crippen molar-refractivity contribution in [3.05, 3.63) is 58.7 Å². The number of rotatable bonds is 4. The van der Waals surface area contributed by atoms with Crippen LogP contribution >= 0.6 is 0 Å². The number of aromatic nitrogens is 2. The van der Waals surface area contributed by atoms with Crippen LogP contribution in [0, 0.1) is 20.8 Å². The Kier molecular flexibility index (Phi) is 3.98. The van der Waals surface area contributed by atoms with Crippen molar-refractivity contribution in [2.45, 2.75) is 33.6 Å². The summed E-state index contributed by atoms with van der Waals surface area (Å²) in [4.78, 5) is 7.37. The average Bonchev–Trinajstić information content (AvgIpc) is 2.73. The molecule has 94 valence electrons. The Labute approximate surface area is 109 Å². The summed E-state index contributed by atoms with van der Waals surface area (Å²) < 4.78 is 0. The summed E-state index contributed by atoms with van der Waals surface area (Å²) in [5.74, 6) is 0.962. The first kappa shape index (κ1) is 12.6. The first-order valence-corrected chi connectivity index (χ1v) is 6.39. The van der Waals surface area contributed by atoms with Crippen LogP contribution in [0.1, 0.15) is 34.6 Å². The van der Waals surface area contributed by atoms with Gasteiger partial charge in [0.05, 0.1) is 11.9 Å². The van der Waals surface area contributed by atoms with Gasteiger partial charge in [0, 0.05) is 0 Å². The minimum absolute atomic E-state index is 0.962. The van der Waals surface area contributed by atoms with E-state index in [9.17, 15) is 0 Å². The predicted molar refractivity (Wildman–Crippen MR) is 76.6 cm³/mol.